The van der Waals surface area contributed by atoms with Crippen LogP contribution in [0, 0.1) is 21.7 Å². The number of hydrogen-bond donors (Lipinski definition) is 1. The first-order chi connectivity index (χ1) is 9.88. The van der Waals surface area contributed by atoms with Crippen molar-refractivity contribution in [3.8, 4) is 0 Å². The van der Waals surface area contributed by atoms with Crippen molar-refractivity contribution in [2.24, 2.45) is 0 Å². The summed E-state index contributed by atoms with van der Waals surface area (Å²) in [6, 6.07) is 6.28. The Balaban J connectivity index is 2.27. The molecule has 1 N–H and O–H groups in total. The molecule has 0 aromatic heterocycles. The van der Waals surface area contributed by atoms with Crippen molar-refractivity contribution in [3.63, 3.8) is 0 Å². The summed E-state index contributed by atoms with van der Waals surface area (Å²) in [5, 5.41) is 14.0. The molecular weight excluding hydrogens is 370 g/mol. The molecule has 0 bridgehead atoms. The van der Waals surface area contributed by atoms with E-state index in [1.165, 1.54) is 0 Å². The van der Waals surface area contributed by atoms with Gasteiger partial charge in [0, 0.05) is 17.1 Å². The van der Waals surface area contributed by atoms with Gasteiger partial charge in [0.15, 0.2) is 5.82 Å². The highest BCUT2D eigenvalue weighted by atomic mass is 79.9. The number of nitro benzene ring substituents is 1. The van der Waals surface area contributed by atoms with Gasteiger partial charge in [0.25, 0.3) is 5.69 Å². The van der Waals surface area contributed by atoms with Gasteiger partial charge in [-0.2, -0.15) is 0 Å². The lowest BCUT2D eigenvalue weighted by atomic mass is 10.2. The van der Waals surface area contributed by atoms with Crippen LogP contribution in [0.15, 0.2) is 34.8 Å². The fourth-order valence-corrected chi connectivity index (χ4v) is 2.26. The van der Waals surface area contributed by atoms with Crippen LogP contribution < -0.4 is 5.32 Å². The first kappa shape index (κ1) is 15.7. The van der Waals surface area contributed by atoms with Crippen LogP contribution in [0.25, 0.3) is 0 Å². The van der Waals surface area contributed by atoms with E-state index in [-0.39, 0.29) is 12.2 Å². The molecule has 4 nitrogen and oxygen atoms in total. The van der Waals surface area contributed by atoms with E-state index in [0.717, 1.165) is 5.56 Å². The van der Waals surface area contributed by atoms with Gasteiger partial charge < -0.3 is 5.32 Å². The summed E-state index contributed by atoms with van der Waals surface area (Å²) in [6.07, 6.45) is 0. The van der Waals surface area contributed by atoms with Crippen LogP contribution in [0.3, 0.4) is 0 Å². The Hall–Kier alpha value is -1.73. The molecule has 0 saturated carbocycles. The zero-order valence-corrected chi connectivity index (χ0v) is 12.7. The predicted octanol–water partition coefficient (Wildman–Crippen LogP) is 4.90. The number of rotatable bonds is 4. The molecule has 0 aliphatic heterocycles. The fraction of sp³-hybridized carbons (Fsp3) is 0.0769. The lowest BCUT2D eigenvalue weighted by Gasteiger charge is -2.09. The Labute approximate surface area is 132 Å². The summed E-state index contributed by atoms with van der Waals surface area (Å²) in [5.74, 6) is -2.02. The second kappa shape index (κ2) is 6.36. The highest BCUT2D eigenvalue weighted by Crippen LogP contribution is 2.30. The summed E-state index contributed by atoms with van der Waals surface area (Å²) in [7, 11) is 0. The topological polar surface area (TPSA) is 55.2 Å². The number of anilines is 1. The zero-order valence-electron chi connectivity index (χ0n) is 10.4. The van der Waals surface area contributed by atoms with Gasteiger partial charge in [0.1, 0.15) is 11.5 Å². The van der Waals surface area contributed by atoms with Crippen molar-refractivity contribution >= 4 is 38.9 Å². The Morgan fingerprint density at radius 2 is 2.00 bits per heavy atom. The molecule has 0 heterocycles. The van der Waals surface area contributed by atoms with Crippen LogP contribution >= 0.6 is 27.5 Å². The van der Waals surface area contributed by atoms with Crippen LogP contribution in [0.4, 0.5) is 20.2 Å². The molecule has 2 aromatic rings. The molecule has 8 heteroatoms. The van der Waals surface area contributed by atoms with E-state index in [9.17, 15) is 18.9 Å². The van der Waals surface area contributed by atoms with E-state index in [1.54, 1.807) is 18.2 Å². The summed E-state index contributed by atoms with van der Waals surface area (Å²) in [5.41, 5.74) is -0.280. The maximum absolute atomic E-state index is 13.7. The largest absolute Gasteiger partial charge is 0.373 e. The first-order valence-corrected chi connectivity index (χ1v) is 6.87. The molecule has 0 radical (unpaired) electrons. The second-order valence-corrected chi connectivity index (χ2v) is 5.40. The average Bonchev–Trinajstić information content (AvgIpc) is 2.40. The van der Waals surface area contributed by atoms with E-state index in [2.05, 4.69) is 21.2 Å². The molecule has 2 aromatic carbocycles. The average molecular weight is 378 g/mol. The standard InChI is InChI=1S/C13H8BrClF2N2O2/c14-9-3-7(1-2-10(9)15)6-18-13-11(17)4-8(16)5-12(13)19(20)21/h1-5,18H,6H2. The molecule has 110 valence electrons. The lowest BCUT2D eigenvalue weighted by Crippen LogP contribution is -2.05. The molecule has 0 spiro atoms. The van der Waals surface area contributed by atoms with Crippen molar-refractivity contribution in [2.45, 2.75) is 6.54 Å². The number of nitrogens with zero attached hydrogens (tertiary/aromatic N) is 1. The predicted molar refractivity (Wildman–Crippen MR) is 79.5 cm³/mol. The maximum Gasteiger partial charge on any atom is 0.298 e. The van der Waals surface area contributed by atoms with Gasteiger partial charge in [-0.3, -0.25) is 10.1 Å². The summed E-state index contributed by atoms with van der Waals surface area (Å²) in [6.45, 7) is 0.124. The van der Waals surface area contributed by atoms with Gasteiger partial charge in [-0.05, 0) is 33.6 Å². The van der Waals surface area contributed by atoms with Crippen molar-refractivity contribution < 1.29 is 13.7 Å². The second-order valence-electron chi connectivity index (χ2n) is 4.14. The van der Waals surface area contributed by atoms with Gasteiger partial charge >= 0.3 is 0 Å². The van der Waals surface area contributed by atoms with E-state index in [1.807, 2.05) is 0 Å². The zero-order chi connectivity index (χ0) is 15.6. The minimum atomic E-state index is -1.02. The van der Waals surface area contributed by atoms with Crippen LogP contribution in [0.5, 0.6) is 0 Å². The molecule has 0 fully saturated rings. The third-order valence-electron chi connectivity index (χ3n) is 2.68. The monoisotopic (exact) mass is 376 g/mol. The molecular formula is C13H8BrClF2N2O2. The van der Waals surface area contributed by atoms with Gasteiger partial charge in [0.2, 0.25) is 0 Å². The van der Waals surface area contributed by atoms with E-state index in [4.69, 9.17) is 11.6 Å². The third-order valence-corrected chi connectivity index (χ3v) is 3.90. The van der Waals surface area contributed by atoms with Crippen molar-refractivity contribution in [2.75, 3.05) is 5.32 Å². The van der Waals surface area contributed by atoms with Crippen molar-refractivity contribution in [1.29, 1.82) is 0 Å². The van der Waals surface area contributed by atoms with E-state index >= 15 is 0 Å². The van der Waals surface area contributed by atoms with Crippen molar-refractivity contribution in [1.82, 2.24) is 0 Å². The highest BCUT2D eigenvalue weighted by molar-refractivity contribution is 9.10. The lowest BCUT2D eigenvalue weighted by molar-refractivity contribution is -0.384. The Morgan fingerprint density at radius 3 is 2.62 bits per heavy atom. The van der Waals surface area contributed by atoms with Crippen molar-refractivity contribution in [3.05, 3.63) is 67.1 Å². The normalized spacial score (nSPS) is 10.5. The fourth-order valence-electron chi connectivity index (χ4n) is 1.72. The smallest absolute Gasteiger partial charge is 0.298 e. The van der Waals surface area contributed by atoms with Gasteiger partial charge in [-0.25, -0.2) is 8.78 Å². The summed E-state index contributed by atoms with van der Waals surface area (Å²) in [4.78, 5) is 10.0. The molecule has 0 amide bonds. The SMILES string of the molecule is O=[N+]([O-])c1cc(F)cc(F)c1NCc1ccc(Cl)c(Br)c1. The molecule has 0 atom stereocenters. The Morgan fingerprint density at radius 1 is 1.29 bits per heavy atom. The quantitative estimate of drug-likeness (QED) is 0.609. The summed E-state index contributed by atoms with van der Waals surface area (Å²) < 4.78 is 27.4. The number of nitrogens with one attached hydrogen (secondary N) is 1. The Kier molecular flexibility index (Phi) is 4.74. The van der Waals surface area contributed by atoms with Crippen LogP contribution in [0.2, 0.25) is 5.02 Å². The summed E-state index contributed by atoms with van der Waals surface area (Å²) >= 11 is 9.09. The van der Waals surface area contributed by atoms with E-state index in [0.29, 0.717) is 21.6 Å². The molecule has 2 rings (SSSR count). The van der Waals surface area contributed by atoms with Crippen LogP contribution in [0.1, 0.15) is 5.56 Å². The number of benzene rings is 2. The minimum Gasteiger partial charge on any atom is -0.373 e. The minimum absolute atomic E-state index is 0.124. The first-order valence-electron chi connectivity index (χ1n) is 5.69. The van der Waals surface area contributed by atoms with Gasteiger partial charge in [0.05, 0.1) is 16.0 Å². The number of nitro groups is 1. The highest BCUT2D eigenvalue weighted by Gasteiger charge is 2.20. The van der Waals surface area contributed by atoms with E-state index < -0.39 is 22.2 Å². The third kappa shape index (κ3) is 3.68. The molecule has 0 saturated heterocycles. The molecule has 0 unspecified atom stereocenters. The number of halogens is 4. The van der Waals surface area contributed by atoms with Crippen LogP contribution in [-0.4, -0.2) is 4.92 Å². The Bertz CT molecular complexity index is 713. The van der Waals surface area contributed by atoms with Gasteiger partial charge in [-0.15, -0.1) is 0 Å². The van der Waals surface area contributed by atoms with Gasteiger partial charge in [-0.1, -0.05) is 17.7 Å². The molecule has 0 aliphatic carbocycles. The number of hydrogen-bond acceptors (Lipinski definition) is 3. The maximum atomic E-state index is 13.7. The van der Waals surface area contributed by atoms with Crippen LogP contribution in [-0.2, 0) is 6.54 Å². The molecule has 0 aliphatic rings. The molecule has 21 heavy (non-hydrogen) atoms.